The zero-order chi connectivity index (χ0) is 13.5. The van der Waals surface area contributed by atoms with Gasteiger partial charge in [-0.05, 0) is 25.5 Å². The van der Waals surface area contributed by atoms with Crippen molar-refractivity contribution in [3.05, 3.63) is 41.6 Å². The number of carbonyl (C=O) groups excluding carboxylic acids is 1. The Labute approximate surface area is 107 Å². The number of allylic oxidation sites excluding steroid dienone is 1. The largest absolute Gasteiger partial charge is 0.477 e. The first kappa shape index (κ1) is 14.0. The second-order valence-electron chi connectivity index (χ2n) is 3.81. The van der Waals surface area contributed by atoms with Crippen LogP contribution in [0.1, 0.15) is 30.6 Å². The first-order chi connectivity index (χ1) is 8.65. The molecule has 0 aromatic heterocycles. The van der Waals surface area contributed by atoms with Crippen LogP contribution in [-0.4, -0.2) is 23.9 Å². The highest BCUT2D eigenvalue weighted by Crippen LogP contribution is 2.23. The molecule has 18 heavy (non-hydrogen) atoms. The van der Waals surface area contributed by atoms with Crippen LogP contribution in [0.3, 0.4) is 0 Å². The monoisotopic (exact) mass is 247 g/mol. The van der Waals surface area contributed by atoms with Crippen molar-refractivity contribution in [1.82, 2.24) is 0 Å². The summed E-state index contributed by atoms with van der Waals surface area (Å²) in [7, 11) is 0. The van der Waals surface area contributed by atoms with E-state index in [2.05, 4.69) is 0 Å². The SMILES string of the molecule is C/C=C(/C(=O)O)N(CCC)c1ccccc1C=O. The fourth-order valence-corrected chi connectivity index (χ4v) is 1.82. The van der Waals surface area contributed by atoms with Gasteiger partial charge in [0, 0.05) is 12.1 Å². The van der Waals surface area contributed by atoms with Crippen LogP contribution >= 0.6 is 0 Å². The fourth-order valence-electron chi connectivity index (χ4n) is 1.82. The number of aldehydes is 1. The Bertz CT molecular complexity index is 466. The summed E-state index contributed by atoms with van der Waals surface area (Å²) in [5, 5.41) is 9.20. The maximum absolute atomic E-state index is 11.2. The Kier molecular flexibility index (Phi) is 5.11. The average molecular weight is 247 g/mol. The normalized spacial score (nSPS) is 11.1. The predicted molar refractivity (Wildman–Crippen MR) is 70.9 cm³/mol. The number of carboxylic acid groups (broad SMARTS) is 1. The van der Waals surface area contributed by atoms with Gasteiger partial charge in [0.1, 0.15) is 5.70 Å². The summed E-state index contributed by atoms with van der Waals surface area (Å²) in [5.74, 6) is -0.994. The third-order valence-corrected chi connectivity index (χ3v) is 2.59. The van der Waals surface area contributed by atoms with Crippen LogP contribution in [0.25, 0.3) is 0 Å². The van der Waals surface area contributed by atoms with E-state index in [1.165, 1.54) is 0 Å². The van der Waals surface area contributed by atoms with E-state index in [1.807, 2.05) is 6.92 Å². The number of hydrogen-bond donors (Lipinski definition) is 1. The van der Waals surface area contributed by atoms with Crippen LogP contribution < -0.4 is 4.90 Å². The van der Waals surface area contributed by atoms with Gasteiger partial charge < -0.3 is 10.0 Å². The summed E-state index contributed by atoms with van der Waals surface area (Å²) < 4.78 is 0. The van der Waals surface area contributed by atoms with E-state index in [0.717, 1.165) is 12.7 Å². The van der Waals surface area contributed by atoms with Crippen LogP contribution in [0.2, 0.25) is 0 Å². The molecule has 0 bridgehead atoms. The number of carbonyl (C=O) groups is 2. The highest BCUT2D eigenvalue weighted by Gasteiger charge is 2.18. The summed E-state index contributed by atoms with van der Waals surface area (Å²) in [6.45, 7) is 4.19. The number of aliphatic carboxylic acids is 1. The van der Waals surface area contributed by atoms with Crippen LogP contribution in [0, 0.1) is 0 Å². The van der Waals surface area contributed by atoms with Crippen molar-refractivity contribution in [2.24, 2.45) is 0 Å². The molecule has 1 aromatic rings. The summed E-state index contributed by atoms with van der Waals surface area (Å²) in [4.78, 5) is 23.9. The van der Waals surface area contributed by atoms with Crippen LogP contribution in [-0.2, 0) is 4.79 Å². The lowest BCUT2D eigenvalue weighted by molar-refractivity contribution is -0.132. The third-order valence-electron chi connectivity index (χ3n) is 2.59. The highest BCUT2D eigenvalue weighted by atomic mass is 16.4. The molecule has 0 aliphatic rings. The predicted octanol–water partition coefficient (Wildman–Crippen LogP) is 2.70. The van der Waals surface area contributed by atoms with Gasteiger partial charge in [-0.1, -0.05) is 25.1 Å². The van der Waals surface area contributed by atoms with Gasteiger partial charge in [-0.2, -0.15) is 0 Å². The molecule has 0 spiro atoms. The molecule has 0 amide bonds. The van der Waals surface area contributed by atoms with E-state index in [1.54, 1.807) is 42.2 Å². The second-order valence-corrected chi connectivity index (χ2v) is 3.81. The maximum atomic E-state index is 11.2. The average Bonchev–Trinajstić information content (AvgIpc) is 2.38. The number of carboxylic acids is 1. The summed E-state index contributed by atoms with van der Waals surface area (Å²) in [6, 6.07) is 6.99. The van der Waals surface area contributed by atoms with Gasteiger partial charge in [-0.15, -0.1) is 0 Å². The molecule has 0 saturated heterocycles. The lowest BCUT2D eigenvalue weighted by Gasteiger charge is -2.25. The van der Waals surface area contributed by atoms with Crippen molar-refractivity contribution in [3.8, 4) is 0 Å². The van der Waals surface area contributed by atoms with Crippen LogP contribution in [0.4, 0.5) is 5.69 Å². The standard InChI is InChI=1S/C14H17NO3/c1-3-9-15(12(4-2)14(17)18)13-8-6-5-7-11(13)10-16/h4-8,10H,3,9H2,1-2H3,(H,17,18)/b12-4-. The van der Waals surface area contributed by atoms with Gasteiger partial charge in [0.2, 0.25) is 0 Å². The molecule has 1 N–H and O–H groups in total. The van der Waals surface area contributed by atoms with Crippen molar-refractivity contribution in [2.45, 2.75) is 20.3 Å². The Balaban J connectivity index is 3.27. The quantitative estimate of drug-likeness (QED) is 0.620. The molecule has 4 heteroatoms. The molecule has 0 heterocycles. The Morgan fingerprint density at radius 1 is 1.39 bits per heavy atom. The van der Waals surface area contributed by atoms with Crippen molar-refractivity contribution in [1.29, 1.82) is 0 Å². The molecule has 4 nitrogen and oxygen atoms in total. The zero-order valence-electron chi connectivity index (χ0n) is 10.6. The van der Waals surface area contributed by atoms with Gasteiger partial charge in [-0.25, -0.2) is 4.79 Å². The lowest BCUT2D eigenvalue weighted by atomic mass is 10.1. The van der Waals surface area contributed by atoms with Crippen molar-refractivity contribution < 1.29 is 14.7 Å². The third kappa shape index (κ3) is 2.97. The van der Waals surface area contributed by atoms with Crippen molar-refractivity contribution in [3.63, 3.8) is 0 Å². The van der Waals surface area contributed by atoms with E-state index in [4.69, 9.17) is 0 Å². The molecule has 0 aliphatic carbocycles. The van der Waals surface area contributed by atoms with E-state index in [0.29, 0.717) is 17.8 Å². The van der Waals surface area contributed by atoms with Gasteiger partial charge in [0.15, 0.2) is 6.29 Å². The Hall–Kier alpha value is -2.10. The molecule has 0 radical (unpaired) electrons. The van der Waals surface area contributed by atoms with Crippen molar-refractivity contribution in [2.75, 3.05) is 11.4 Å². The summed E-state index contributed by atoms with van der Waals surface area (Å²) in [5.41, 5.74) is 1.31. The van der Waals surface area contributed by atoms with Crippen LogP contribution in [0.15, 0.2) is 36.0 Å². The first-order valence-electron chi connectivity index (χ1n) is 5.87. The van der Waals surface area contributed by atoms with E-state index < -0.39 is 5.97 Å². The Morgan fingerprint density at radius 2 is 2.06 bits per heavy atom. The molecular weight excluding hydrogens is 230 g/mol. The topological polar surface area (TPSA) is 57.6 Å². The number of hydrogen-bond acceptors (Lipinski definition) is 3. The van der Waals surface area contributed by atoms with Gasteiger partial charge >= 0.3 is 5.97 Å². The number of nitrogens with zero attached hydrogens (tertiary/aromatic N) is 1. The first-order valence-corrected chi connectivity index (χ1v) is 5.87. The molecule has 0 aliphatic heterocycles. The van der Waals surface area contributed by atoms with E-state index >= 15 is 0 Å². The summed E-state index contributed by atoms with van der Waals surface area (Å²) in [6.07, 6.45) is 3.07. The van der Waals surface area contributed by atoms with Gasteiger partial charge in [0.25, 0.3) is 0 Å². The minimum atomic E-state index is -0.994. The molecule has 1 rings (SSSR count). The number of rotatable bonds is 6. The number of para-hydroxylation sites is 1. The molecule has 1 aromatic carbocycles. The number of anilines is 1. The molecule has 0 unspecified atom stereocenters. The van der Waals surface area contributed by atoms with Crippen LogP contribution in [0.5, 0.6) is 0 Å². The Morgan fingerprint density at radius 3 is 2.56 bits per heavy atom. The minimum absolute atomic E-state index is 0.186. The lowest BCUT2D eigenvalue weighted by Crippen LogP contribution is -2.29. The molecular formula is C14H17NO3. The highest BCUT2D eigenvalue weighted by molar-refractivity contribution is 5.94. The van der Waals surface area contributed by atoms with Crippen molar-refractivity contribution >= 4 is 17.9 Å². The van der Waals surface area contributed by atoms with Gasteiger partial charge in [-0.3, -0.25) is 4.79 Å². The van der Waals surface area contributed by atoms with E-state index in [-0.39, 0.29) is 5.70 Å². The molecule has 0 atom stereocenters. The van der Waals surface area contributed by atoms with Gasteiger partial charge in [0.05, 0.1) is 5.69 Å². The minimum Gasteiger partial charge on any atom is -0.477 e. The maximum Gasteiger partial charge on any atom is 0.352 e. The molecule has 0 saturated carbocycles. The zero-order valence-corrected chi connectivity index (χ0v) is 10.6. The van der Waals surface area contributed by atoms with E-state index in [9.17, 15) is 14.7 Å². The molecule has 96 valence electrons. The molecule has 0 fully saturated rings. The smallest absolute Gasteiger partial charge is 0.352 e. The second kappa shape index (κ2) is 6.59. The summed E-state index contributed by atoms with van der Waals surface area (Å²) >= 11 is 0. The fraction of sp³-hybridized carbons (Fsp3) is 0.286. The number of benzene rings is 1.